The van der Waals surface area contributed by atoms with Gasteiger partial charge in [-0.1, -0.05) is 24.3 Å². The van der Waals surface area contributed by atoms with E-state index in [9.17, 15) is 21.0 Å². The summed E-state index contributed by atoms with van der Waals surface area (Å²) < 4.78 is 10.7. The van der Waals surface area contributed by atoms with Crippen LogP contribution in [0.2, 0.25) is 0 Å². The van der Waals surface area contributed by atoms with Crippen molar-refractivity contribution in [2.45, 2.75) is 6.42 Å². The molecule has 0 bridgehead atoms. The van der Waals surface area contributed by atoms with Crippen LogP contribution < -0.4 is 0 Å². The van der Waals surface area contributed by atoms with Crippen LogP contribution >= 0.6 is 0 Å². The average molecular weight is 677 g/mol. The Bertz CT molecular complexity index is 3200. The molecule has 10 rings (SSSR count). The summed E-state index contributed by atoms with van der Waals surface area (Å²) in [4.78, 5) is 0. The minimum absolute atomic E-state index is 0.210. The zero-order valence-electron chi connectivity index (χ0n) is 28.0. The van der Waals surface area contributed by atoms with Gasteiger partial charge in [0.25, 0.3) is 0 Å². The Kier molecular flexibility index (Phi) is 6.43. The van der Waals surface area contributed by atoms with E-state index < -0.39 is 0 Å². The molecule has 0 fully saturated rings. The molecule has 0 aliphatic heterocycles. The number of aromatic nitrogens is 2. The predicted octanol–water partition coefficient (Wildman–Crippen LogP) is 10.6. The summed E-state index contributed by atoms with van der Waals surface area (Å²) in [5.41, 5.74) is 12.3. The van der Waals surface area contributed by atoms with Gasteiger partial charge in [-0.2, -0.15) is 21.0 Å². The third-order valence-corrected chi connectivity index (χ3v) is 10.5. The molecule has 1 unspecified atom stereocenters. The molecular weight excluding hydrogens is 653 g/mol. The van der Waals surface area contributed by atoms with Crippen molar-refractivity contribution in [1.29, 1.82) is 21.0 Å². The minimum atomic E-state index is -0.210. The Morgan fingerprint density at radius 3 is 1.77 bits per heavy atom. The van der Waals surface area contributed by atoms with Crippen LogP contribution in [-0.4, -0.2) is 9.13 Å². The summed E-state index contributed by atoms with van der Waals surface area (Å²) in [6, 6.07) is 47.2. The maximum atomic E-state index is 9.70. The Labute approximate surface area is 302 Å². The molecule has 0 N–H and O–H groups in total. The topological polar surface area (TPSA) is 118 Å². The van der Waals surface area contributed by atoms with Crippen molar-refractivity contribution in [3.05, 3.63) is 149 Å². The van der Waals surface area contributed by atoms with Gasteiger partial charge in [-0.15, -0.1) is 0 Å². The second-order valence-corrected chi connectivity index (χ2v) is 13.4. The molecule has 7 nitrogen and oxygen atoms in total. The Balaban J connectivity index is 1.12. The largest absolute Gasteiger partial charge is 0.456 e. The fourth-order valence-corrected chi connectivity index (χ4v) is 8.05. The van der Waals surface area contributed by atoms with Gasteiger partial charge in [0.15, 0.2) is 0 Å². The van der Waals surface area contributed by atoms with Crippen LogP contribution in [-0.2, 0) is 6.42 Å². The van der Waals surface area contributed by atoms with E-state index in [2.05, 4.69) is 75.9 Å². The molecule has 6 aromatic carbocycles. The van der Waals surface area contributed by atoms with Crippen molar-refractivity contribution in [3.8, 4) is 46.8 Å². The first-order valence-corrected chi connectivity index (χ1v) is 17.2. The fraction of sp³-hybridized carbons (Fsp3) is 0.0435. The van der Waals surface area contributed by atoms with Gasteiger partial charge in [-0.3, -0.25) is 0 Å². The smallest absolute Gasteiger partial charge is 0.135 e. The monoisotopic (exact) mass is 676 g/mol. The molecule has 1 aliphatic carbocycles. The van der Waals surface area contributed by atoms with Gasteiger partial charge in [0.2, 0.25) is 0 Å². The summed E-state index contributed by atoms with van der Waals surface area (Å²) in [6.45, 7) is 0. The Morgan fingerprint density at radius 2 is 1.11 bits per heavy atom. The van der Waals surface area contributed by atoms with Crippen molar-refractivity contribution >= 4 is 60.7 Å². The lowest BCUT2D eigenvalue weighted by Crippen LogP contribution is -2.06. The number of rotatable bonds is 3. The second kappa shape index (κ2) is 11.3. The highest BCUT2D eigenvalue weighted by Crippen LogP contribution is 2.39. The zero-order valence-corrected chi connectivity index (χ0v) is 28.0. The Morgan fingerprint density at radius 1 is 0.528 bits per heavy atom. The lowest BCUT2D eigenvalue weighted by atomic mass is 9.92. The summed E-state index contributed by atoms with van der Waals surface area (Å²) in [5, 5.41) is 43.4. The van der Waals surface area contributed by atoms with Crippen molar-refractivity contribution in [2.24, 2.45) is 5.92 Å². The van der Waals surface area contributed by atoms with Crippen LogP contribution in [0.25, 0.3) is 83.2 Å². The van der Waals surface area contributed by atoms with Gasteiger partial charge in [-0.25, -0.2) is 0 Å². The molecule has 53 heavy (non-hydrogen) atoms. The molecule has 0 saturated carbocycles. The van der Waals surface area contributed by atoms with E-state index in [0.29, 0.717) is 23.1 Å². The summed E-state index contributed by atoms with van der Waals surface area (Å²) in [6.07, 6.45) is 4.60. The van der Waals surface area contributed by atoms with Crippen LogP contribution in [0, 0.1) is 51.2 Å². The summed E-state index contributed by atoms with van der Waals surface area (Å²) in [5.74, 6) is -0.210. The van der Waals surface area contributed by atoms with Crippen molar-refractivity contribution < 1.29 is 4.42 Å². The van der Waals surface area contributed by atoms with Gasteiger partial charge in [0.05, 0.1) is 63.4 Å². The Hall–Kier alpha value is -7.84. The van der Waals surface area contributed by atoms with Gasteiger partial charge in [-0.05, 0) is 126 Å². The van der Waals surface area contributed by atoms with E-state index in [1.165, 1.54) is 0 Å². The van der Waals surface area contributed by atoms with Gasteiger partial charge in [0.1, 0.15) is 11.2 Å². The molecule has 3 aromatic heterocycles. The summed E-state index contributed by atoms with van der Waals surface area (Å²) >= 11 is 0. The molecule has 1 atom stereocenters. The number of benzene rings is 6. The maximum absolute atomic E-state index is 9.70. The number of nitriles is 4. The van der Waals surface area contributed by atoms with Crippen LogP contribution in [0.15, 0.2) is 126 Å². The van der Waals surface area contributed by atoms with Gasteiger partial charge < -0.3 is 13.6 Å². The molecule has 0 saturated heterocycles. The van der Waals surface area contributed by atoms with Crippen molar-refractivity contribution in [1.82, 2.24) is 9.13 Å². The molecule has 244 valence electrons. The second-order valence-electron chi connectivity index (χ2n) is 13.4. The maximum Gasteiger partial charge on any atom is 0.135 e. The first-order valence-electron chi connectivity index (χ1n) is 17.2. The van der Waals surface area contributed by atoms with E-state index in [1.807, 2.05) is 84.9 Å². The lowest BCUT2D eigenvalue weighted by molar-refractivity contribution is 0.669. The molecule has 7 heteroatoms. The molecular formula is C46H24N6O. The van der Waals surface area contributed by atoms with Gasteiger partial charge >= 0.3 is 0 Å². The van der Waals surface area contributed by atoms with Crippen LogP contribution in [0.5, 0.6) is 0 Å². The normalized spacial score (nSPS) is 13.6. The zero-order chi connectivity index (χ0) is 35.8. The van der Waals surface area contributed by atoms with Gasteiger partial charge in [0, 0.05) is 44.0 Å². The third-order valence-electron chi connectivity index (χ3n) is 10.5. The summed E-state index contributed by atoms with van der Waals surface area (Å²) in [7, 11) is 0. The quantitative estimate of drug-likeness (QED) is 0.184. The number of allylic oxidation sites excluding steroid dienone is 1. The highest BCUT2D eigenvalue weighted by molar-refractivity contribution is 6.11. The fourth-order valence-electron chi connectivity index (χ4n) is 8.05. The van der Waals surface area contributed by atoms with E-state index in [0.717, 1.165) is 88.4 Å². The number of nitrogens with zero attached hydrogens (tertiary/aromatic N) is 6. The van der Waals surface area contributed by atoms with E-state index >= 15 is 0 Å². The SMILES string of the molecule is N#Cc1ccc2c(c1)c1c(n2-c2cccc(-c3ccc4oc5ccc(-n6c7ccc(C#N)cc7c7cc(C#N)ccc76)cc5c4c3)c2)C=CC(C#N)C1. The molecule has 1 aliphatic rings. The standard InChI is InChI=1S/C46H24N6O/c47-23-27-4-10-41-35(16-27)36-17-28(24-48)5-11-42(36)51(41)33-3-1-2-31(20-33)32-8-14-45-39(21-32)40-22-34(9-15-46(40)53-45)52-43-12-6-29(25-49)18-37(43)38-19-30(26-50)7-13-44(38)52/h1-16,18-22,28H,17H2. The number of furan rings is 1. The first-order chi connectivity index (χ1) is 26.0. The van der Waals surface area contributed by atoms with Crippen LogP contribution in [0.3, 0.4) is 0 Å². The van der Waals surface area contributed by atoms with E-state index in [4.69, 9.17) is 4.42 Å². The molecule has 0 spiro atoms. The van der Waals surface area contributed by atoms with Crippen molar-refractivity contribution in [3.63, 3.8) is 0 Å². The molecule has 0 amide bonds. The predicted molar refractivity (Wildman–Crippen MR) is 206 cm³/mol. The first kappa shape index (κ1) is 30.0. The van der Waals surface area contributed by atoms with E-state index in [-0.39, 0.29) is 5.92 Å². The molecule has 9 aromatic rings. The van der Waals surface area contributed by atoms with Crippen molar-refractivity contribution in [2.75, 3.05) is 0 Å². The van der Waals surface area contributed by atoms with E-state index in [1.54, 1.807) is 0 Å². The third kappa shape index (κ3) is 4.49. The number of fused-ring (bicyclic) bond motifs is 9. The average Bonchev–Trinajstić information content (AvgIpc) is 3.86. The lowest BCUT2D eigenvalue weighted by Gasteiger charge is -2.15. The minimum Gasteiger partial charge on any atom is -0.456 e. The highest BCUT2D eigenvalue weighted by Gasteiger charge is 2.23. The van der Waals surface area contributed by atoms with Crippen LogP contribution in [0.4, 0.5) is 0 Å². The molecule has 3 heterocycles. The highest BCUT2D eigenvalue weighted by atomic mass is 16.3. The number of hydrogen-bond acceptors (Lipinski definition) is 5. The van der Waals surface area contributed by atoms with Crippen LogP contribution in [0.1, 0.15) is 27.9 Å². The number of hydrogen-bond donors (Lipinski definition) is 0. The molecule has 0 radical (unpaired) electrons.